The summed E-state index contributed by atoms with van der Waals surface area (Å²) in [6.45, 7) is 1.89. The average molecular weight is 606 g/mol. The molecular weight excluding hydrogens is 575 g/mol. The van der Waals surface area contributed by atoms with Gasteiger partial charge in [-0.15, -0.1) is 0 Å². The molecule has 4 rings (SSSR count). The van der Waals surface area contributed by atoms with Crippen molar-refractivity contribution in [2.45, 2.75) is 38.5 Å². The first-order valence-corrected chi connectivity index (χ1v) is 12.9. The standard InChI is InChI=1S/C26H30F7N7O2/c1-12-5-6-35-7-8-36-22-16-21(38-24(39-22)41-11-25(29,30)10-40(3)4)19(28)20(37-23(16)42-12)14-9-15(34)18(27)13(2)17(14)26(31,32)33/h9,12,35H,5-8,10-11,34H2,1-4H3,(H,36,38,39). The molecule has 0 fully saturated rings. The number of hydrogen-bond donors (Lipinski definition) is 3. The maximum atomic E-state index is 16.3. The number of hydrogen-bond acceptors (Lipinski definition) is 9. The minimum atomic E-state index is -5.12. The van der Waals surface area contributed by atoms with Crippen molar-refractivity contribution in [1.82, 2.24) is 25.2 Å². The summed E-state index contributed by atoms with van der Waals surface area (Å²) in [7, 11) is 2.88. The minimum Gasteiger partial charge on any atom is -0.474 e. The highest BCUT2D eigenvalue weighted by molar-refractivity contribution is 5.96. The average Bonchev–Trinajstić information content (AvgIpc) is 2.90. The molecule has 0 aliphatic carbocycles. The predicted molar refractivity (Wildman–Crippen MR) is 142 cm³/mol. The third kappa shape index (κ3) is 6.69. The molecule has 42 heavy (non-hydrogen) atoms. The van der Waals surface area contributed by atoms with Crippen molar-refractivity contribution in [3.8, 4) is 23.1 Å². The van der Waals surface area contributed by atoms with Gasteiger partial charge >= 0.3 is 12.2 Å². The van der Waals surface area contributed by atoms with Crippen molar-refractivity contribution in [2.75, 3.05) is 57.9 Å². The number of alkyl halides is 5. The fraction of sp³-hybridized carbons (Fsp3) is 0.500. The molecule has 3 aromatic rings. The summed E-state index contributed by atoms with van der Waals surface area (Å²) in [4.78, 5) is 13.4. The Kier molecular flexibility index (Phi) is 8.87. The number of nitrogens with zero attached hydrogens (tertiary/aromatic N) is 4. The van der Waals surface area contributed by atoms with Crippen LogP contribution in [0.5, 0.6) is 11.9 Å². The fourth-order valence-electron chi connectivity index (χ4n) is 4.58. The lowest BCUT2D eigenvalue weighted by molar-refractivity contribution is -0.137. The molecule has 1 aromatic carbocycles. The van der Waals surface area contributed by atoms with Gasteiger partial charge in [0.2, 0.25) is 5.88 Å². The van der Waals surface area contributed by atoms with Crippen molar-refractivity contribution in [2.24, 2.45) is 0 Å². The Bertz CT molecular complexity index is 1470. The summed E-state index contributed by atoms with van der Waals surface area (Å²) in [5.74, 6) is -6.44. The molecule has 230 valence electrons. The molecular formula is C26H30F7N7O2. The lowest BCUT2D eigenvalue weighted by Crippen LogP contribution is -2.37. The maximum absolute atomic E-state index is 16.3. The van der Waals surface area contributed by atoms with Gasteiger partial charge in [0.05, 0.1) is 23.9 Å². The first kappa shape index (κ1) is 31.3. The zero-order valence-electron chi connectivity index (χ0n) is 23.2. The zero-order valence-corrected chi connectivity index (χ0v) is 23.2. The Morgan fingerprint density at radius 2 is 1.79 bits per heavy atom. The van der Waals surface area contributed by atoms with Crippen molar-refractivity contribution < 1.29 is 40.2 Å². The van der Waals surface area contributed by atoms with E-state index in [9.17, 15) is 26.3 Å². The highest BCUT2D eigenvalue weighted by Gasteiger charge is 2.39. The van der Waals surface area contributed by atoms with E-state index in [0.29, 0.717) is 25.6 Å². The Morgan fingerprint density at radius 1 is 1.07 bits per heavy atom. The number of rotatable bonds is 6. The van der Waals surface area contributed by atoms with Crippen LogP contribution in [0.1, 0.15) is 24.5 Å². The van der Waals surface area contributed by atoms with Gasteiger partial charge in [0.1, 0.15) is 28.2 Å². The minimum absolute atomic E-state index is 0.0966. The van der Waals surface area contributed by atoms with Gasteiger partial charge in [0.15, 0.2) is 12.4 Å². The van der Waals surface area contributed by atoms with Gasteiger partial charge in [-0.2, -0.15) is 23.1 Å². The smallest absolute Gasteiger partial charge is 0.417 e. The third-order valence-electron chi connectivity index (χ3n) is 6.39. The second-order valence-electron chi connectivity index (χ2n) is 10.3. The van der Waals surface area contributed by atoms with Crippen LogP contribution in [0.2, 0.25) is 0 Å². The molecule has 3 heterocycles. The Morgan fingerprint density at radius 3 is 2.45 bits per heavy atom. The number of halogens is 7. The topological polar surface area (TPSA) is 110 Å². The van der Waals surface area contributed by atoms with Crippen molar-refractivity contribution in [3.05, 3.63) is 28.8 Å². The summed E-state index contributed by atoms with van der Waals surface area (Å²) < 4.78 is 113. The van der Waals surface area contributed by atoms with Crippen molar-refractivity contribution >= 4 is 22.4 Å². The van der Waals surface area contributed by atoms with E-state index in [0.717, 1.165) is 6.92 Å². The maximum Gasteiger partial charge on any atom is 0.417 e. The van der Waals surface area contributed by atoms with E-state index in [-0.39, 0.29) is 23.6 Å². The highest BCUT2D eigenvalue weighted by atomic mass is 19.4. The number of nitrogens with one attached hydrogen (secondary N) is 2. The molecule has 0 spiro atoms. The van der Waals surface area contributed by atoms with Gasteiger partial charge < -0.3 is 30.7 Å². The number of ether oxygens (including phenoxy) is 2. The first-order valence-electron chi connectivity index (χ1n) is 12.9. The van der Waals surface area contributed by atoms with Gasteiger partial charge in [-0.05, 0) is 52.5 Å². The second-order valence-corrected chi connectivity index (χ2v) is 10.3. The van der Waals surface area contributed by atoms with E-state index < -0.39 is 82.6 Å². The number of aromatic nitrogens is 3. The van der Waals surface area contributed by atoms with Gasteiger partial charge in [0, 0.05) is 18.7 Å². The molecule has 0 radical (unpaired) electrons. The molecule has 1 atom stereocenters. The molecule has 1 aliphatic heterocycles. The van der Waals surface area contributed by atoms with Crippen LogP contribution < -0.4 is 25.8 Å². The number of nitrogens with two attached hydrogens (primary N) is 1. The second kappa shape index (κ2) is 11.9. The SMILES string of the molecule is Cc1c(F)c(N)cc(-c2nc3c4c(nc(OCC(F)(F)CN(C)C)nc4c2F)NCCNCCC(C)O3)c1C(F)(F)F. The van der Waals surface area contributed by atoms with Gasteiger partial charge in [-0.1, -0.05) is 0 Å². The van der Waals surface area contributed by atoms with Crippen LogP contribution in [-0.2, 0) is 6.18 Å². The lowest BCUT2D eigenvalue weighted by atomic mass is 9.96. The quantitative estimate of drug-likeness (QED) is 0.274. The fourth-order valence-corrected chi connectivity index (χ4v) is 4.58. The van der Waals surface area contributed by atoms with Crippen LogP contribution in [0.15, 0.2) is 6.07 Å². The predicted octanol–water partition coefficient (Wildman–Crippen LogP) is 4.63. The number of benzene rings is 1. The largest absolute Gasteiger partial charge is 0.474 e. The van der Waals surface area contributed by atoms with Crippen LogP contribution in [0, 0.1) is 18.6 Å². The molecule has 0 saturated carbocycles. The van der Waals surface area contributed by atoms with Gasteiger partial charge in [-0.25, -0.2) is 22.5 Å². The third-order valence-corrected chi connectivity index (χ3v) is 6.39. The van der Waals surface area contributed by atoms with Crippen LogP contribution >= 0.6 is 0 Å². The Balaban J connectivity index is 2.00. The van der Waals surface area contributed by atoms with Crippen LogP contribution in [-0.4, -0.2) is 78.8 Å². The highest BCUT2D eigenvalue weighted by Crippen LogP contribution is 2.44. The van der Waals surface area contributed by atoms with Gasteiger partial charge in [0.25, 0.3) is 5.92 Å². The molecule has 1 aliphatic rings. The number of pyridine rings is 1. The summed E-state index contributed by atoms with van der Waals surface area (Å²) in [6.07, 6.45) is -5.23. The van der Waals surface area contributed by atoms with E-state index >= 15 is 4.39 Å². The molecule has 4 N–H and O–H groups in total. The number of anilines is 2. The van der Waals surface area contributed by atoms with E-state index in [1.165, 1.54) is 19.0 Å². The van der Waals surface area contributed by atoms with E-state index in [4.69, 9.17) is 15.2 Å². The van der Waals surface area contributed by atoms with Crippen LogP contribution in [0.3, 0.4) is 0 Å². The van der Waals surface area contributed by atoms with Crippen LogP contribution in [0.4, 0.5) is 42.2 Å². The molecule has 0 bridgehead atoms. The van der Waals surface area contributed by atoms with Crippen molar-refractivity contribution in [3.63, 3.8) is 0 Å². The normalized spacial score (nSPS) is 16.6. The summed E-state index contributed by atoms with van der Waals surface area (Å²) in [5, 5.41) is 5.94. The Hall–Kier alpha value is -3.66. The first-order chi connectivity index (χ1) is 19.6. The van der Waals surface area contributed by atoms with E-state index in [1.807, 2.05) is 0 Å². The molecule has 0 amide bonds. The summed E-state index contributed by atoms with van der Waals surface area (Å²) >= 11 is 0. The zero-order chi connectivity index (χ0) is 31.0. The molecule has 9 nitrogen and oxygen atoms in total. The van der Waals surface area contributed by atoms with Crippen LogP contribution in [0.25, 0.3) is 22.2 Å². The van der Waals surface area contributed by atoms with E-state index in [2.05, 4.69) is 25.6 Å². The van der Waals surface area contributed by atoms with E-state index in [1.54, 1.807) is 6.92 Å². The lowest BCUT2D eigenvalue weighted by Gasteiger charge is -2.22. The summed E-state index contributed by atoms with van der Waals surface area (Å²) in [6, 6.07) is -0.0278. The Labute approximate surface area is 236 Å². The molecule has 0 saturated heterocycles. The monoisotopic (exact) mass is 605 g/mol. The molecule has 16 heteroatoms. The molecule has 2 aromatic heterocycles. The van der Waals surface area contributed by atoms with Crippen molar-refractivity contribution in [1.29, 1.82) is 0 Å². The molecule has 1 unspecified atom stereocenters. The van der Waals surface area contributed by atoms with Gasteiger partial charge in [-0.3, -0.25) is 0 Å². The number of nitrogen functional groups attached to an aromatic ring is 1. The summed E-state index contributed by atoms with van der Waals surface area (Å²) in [5.41, 5.74) is 0.287.